The molecule has 0 spiro atoms. The van der Waals surface area contributed by atoms with Gasteiger partial charge in [-0.15, -0.1) is 0 Å². The van der Waals surface area contributed by atoms with Crippen molar-refractivity contribution in [1.29, 1.82) is 0 Å². The van der Waals surface area contributed by atoms with Gasteiger partial charge >= 0.3 is 0 Å². The van der Waals surface area contributed by atoms with E-state index in [1.165, 1.54) is 0 Å². The first-order valence-corrected chi connectivity index (χ1v) is 8.61. The number of unbranched alkanes of at least 4 members (excludes halogenated alkanes) is 1. The van der Waals surface area contributed by atoms with Gasteiger partial charge < -0.3 is 10.6 Å². The fourth-order valence-electron chi connectivity index (χ4n) is 1.86. The summed E-state index contributed by atoms with van der Waals surface area (Å²) in [5.74, 6) is -0.802. The van der Waals surface area contributed by atoms with Crippen molar-refractivity contribution in [2.45, 2.75) is 45.6 Å². The molecule has 7 nitrogen and oxygen atoms in total. The summed E-state index contributed by atoms with van der Waals surface area (Å²) in [4.78, 5) is 34.8. The summed E-state index contributed by atoms with van der Waals surface area (Å²) >= 11 is 4.89. The molecule has 1 aromatic carbocycles. The highest BCUT2D eigenvalue weighted by Crippen LogP contribution is 1.98. The van der Waals surface area contributed by atoms with E-state index in [9.17, 15) is 14.4 Å². The largest absolute Gasteiger partial charge is 0.352 e. The van der Waals surface area contributed by atoms with Crippen molar-refractivity contribution in [2.75, 3.05) is 0 Å². The lowest BCUT2D eigenvalue weighted by Crippen LogP contribution is -2.48. The number of nitrogens with one attached hydrogen (secondary N) is 4. The Morgan fingerprint density at radius 2 is 1.60 bits per heavy atom. The van der Waals surface area contributed by atoms with Gasteiger partial charge in [0.2, 0.25) is 17.7 Å². The third-order valence-electron chi connectivity index (χ3n) is 3.24. The number of rotatable bonds is 8. The van der Waals surface area contributed by atoms with E-state index in [2.05, 4.69) is 21.5 Å². The molecule has 1 aromatic rings. The topological polar surface area (TPSA) is 99.3 Å². The SMILES string of the molecule is CCCCC(=O)NC(=S)NNC(=O)CCC(=O)NCc1ccccc1. The van der Waals surface area contributed by atoms with Crippen molar-refractivity contribution in [1.82, 2.24) is 21.5 Å². The van der Waals surface area contributed by atoms with Gasteiger partial charge in [0.1, 0.15) is 0 Å². The van der Waals surface area contributed by atoms with Crippen LogP contribution < -0.4 is 21.5 Å². The first-order chi connectivity index (χ1) is 12.0. The lowest BCUT2D eigenvalue weighted by molar-refractivity contribution is -0.126. The van der Waals surface area contributed by atoms with E-state index in [-0.39, 0.29) is 35.7 Å². The average Bonchev–Trinajstić information content (AvgIpc) is 2.62. The lowest BCUT2D eigenvalue weighted by atomic mass is 10.2. The molecule has 3 amide bonds. The van der Waals surface area contributed by atoms with E-state index in [4.69, 9.17) is 12.2 Å². The van der Waals surface area contributed by atoms with Crippen LogP contribution in [0.3, 0.4) is 0 Å². The zero-order valence-electron chi connectivity index (χ0n) is 14.3. The van der Waals surface area contributed by atoms with Crippen LogP contribution in [-0.4, -0.2) is 22.8 Å². The molecule has 0 saturated heterocycles. The van der Waals surface area contributed by atoms with Gasteiger partial charge in [0.25, 0.3) is 0 Å². The van der Waals surface area contributed by atoms with Crippen LogP contribution in [0.4, 0.5) is 0 Å². The van der Waals surface area contributed by atoms with E-state index in [1.807, 2.05) is 37.3 Å². The standard InChI is InChI=1S/C17H24N4O3S/c1-2-3-9-15(23)19-17(25)21-20-16(24)11-10-14(22)18-12-13-7-5-4-6-8-13/h4-8H,2-3,9-12H2,1H3,(H,18,22)(H,20,24)(H2,19,21,23,25). The molecular formula is C17H24N4O3S. The number of hydrogen-bond acceptors (Lipinski definition) is 4. The molecule has 4 N–H and O–H groups in total. The second-order valence-electron chi connectivity index (χ2n) is 5.42. The summed E-state index contributed by atoms with van der Waals surface area (Å²) in [5.41, 5.74) is 5.78. The van der Waals surface area contributed by atoms with Gasteiger partial charge in [-0.25, -0.2) is 0 Å². The van der Waals surface area contributed by atoms with Crippen LogP contribution in [-0.2, 0) is 20.9 Å². The van der Waals surface area contributed by atoms with Crippen LogP contribution in [0.1, 0.15) is 44.6 Å². The van der Waals surface area contributed by atoms with Crippen LogP contribution in [0, 0.1) is 0 Å². The van der Waals surface area contributed by atoms with Gasteiger partial charge in [-0.1, -0.05) is 43.7 Å². The Bertz CT molecular complexity index is 593. The number of thiocarbonyl (C=S) groups is 1. The zero-order valence-corrected chi connectivity index (χ0v) is 15.1. The third kappa shape index (κ3) is 10.1. The van der Waals surface area contributed by atoms with Gasteiger partial charge in [0.05, 0.1) is 0 Å². The summed E-state index contributed by atoms with van der Waals surface area (Å²) in [6.07, 6.45) is 2.15. The monoisotopic (exact) mass is 364 g/mol. The molecule has 0 unspecified atom stereocenters. The highest BCUT2D eigenvalue weighted by Gasteiger charge is 2.08. The molecule has 0 aliphatic heterocycles. The third-order valence-corrected chi connectivity index (χ3v) is 3.44. The lowest BCUT2D eigenvalue weighted by Gasteiger charge is -2.10. The van der Waals surface area contributed by atoms with Crippen LogP contribution >= 0.6 is 12.2 Å². The molecule has 8 heteroatoms. The summed E-state index contributed by atoms with van der Waals surface area (Å²) in [5, 5.41) is 5.23. The number of carbonyl (C=O) groups excluding carboxylic acids is 3. The minimum absolute atomic E-state index is 0.0139. The fourth-order valence-corrected chi connectivity index (χ4v) is 2.02. The quantitative estimate of drug-likeness (QED) is 0.412. The van der Waals surface area contributed by atoms with Crippen molar-refractivity contribution in [3.8, 4) is 0 Å². The van der Waals surface area contributed by atoms with Gasteiger partial charge in [0, 0.05) is 25.8 Å². The molecule has 0 radical (unpaired) electrons. The summed E-state index contributed by atoms with van der Waals surface area (Å²) < 4.78 is 0. The first kappa shape index (κ1) is 20.6. The van der Waals surface area contributed by atoms with E-state index in [0.29, 0.717) is 13.0 Å². The molecule has 0 atom stereocenters. The summed E-state index contributed by atoms with van der Waals surface area (Å²) in [7, 11) is 0. The average molecular weight is 364 g/mol. The Hall–Kier alpha value is -2.48. The van der Waals surface area contributed by atoms with Crippen molar-refractivity contribution in [2.24, 2.45) is 0 Å². The van der Waals surface area contributed by atoms with Crippen LogP contribution in [0.15, 0.2) is 30.3 Å². The van der Waals surface area contributed by atoms with Crippen LogP contribution in [0.2, 0.25) is 0 Å². The molecule has 0 fully saturated rings. The smallest absolute Gasteiger partial charge is 0.238 e. The van der Waals surface area contributed by atoms with Crippen molar-refractivity contribution in [3.63, 3.8) is 0 Å². The van der Waals surface area contributed by atoms with Gasteiger partial charge in [-0.2, -0.15) is 0 Å². The normalized spacial score (nSPS) is 9.80. The van der Waals surface area contributed by atoms with Crippen molar-refractivity contribution in [3.05, 3.63) is 35.9 Å². The number of benzene rings is 1. The Labute approximate surface area is 152 Å². The molecule has 0 saturated carbocycles. The van der Waals surface area contributed by atoms with Gasteiger partial charge in [0.15, 0.2) is 5.11 Å². The Morgan fingerprint density at radius 3 is 2.28 bits per heavy atom. The zero-order chi connectivity index (χ0) is 18.5. The molecule has 136 valence electrons. The number of hydrazine groups is 1. The van der Waals surface area contributed by atoms with Crippen LogP contribution in [0.5, 0.6) is 0 Å². The maximum Gasteiger partial charge on any atom is 0.238 e. The fraction of sp³-hybridized carbons (Fsp3) is 0.412. The predicted octanol–water partition coefficient (Wildman–Crippen LogP) is 1.30. The number of hydrogen-bond donors (Lipinski definition) is 4. The van der Waals surface area contributed by atoms with E-state index in [0.717, 1.165) is 18.4 Å². The predicted molar refractivity (Wildman–Crippen MR) is 99.1 cm³/mol. The number of amides is 3. The minimum atomic E-state index is -0.389. The molecule has 0 aromatic heterocycles. The van der Waals surface area contributed by atoms with Gasteiger partial charge in [-0.05, 0) is 24.2 Å². The van der Waals surface area contributed by atoms with Crippen molar-refractivity contribution >= 4 is 35.1 Å². The van der Waals surface area contributed by atoms with Gasteiger partial charge in [-0.3, -0.25) is 25.2 Å². The maximum atomic E-state index is 11.7. The molecule has 0 aliphatic carbocycles. The highest BCUT2D eigenvalue weighted by atomic mass is 32.1. The summed E-state index contributed by atoms with van der Waals surface area (Å²) in [6.45, 7) is 2.41. The molecule has 0 bridgehead atoms. The molecule has 1 rings (SSSR count). The van der Waals surface area contributed by atoms with E-state index < -0.39 is 0 Å². The molecule has 25 heavy (non-hydrogen) atoms. The van der Waals surface area contributed by atoms with Crippen LogP contribution in [0.25, 0.3) is 0 Å². The van der Waals surface area contributed by atoms with E-state index in [1.54, 1.807) is 0 Å². The first-order valence-electron chi connectivity index (χ1n) is 8.20. The Morgan fingerprint density at radius 1 is 0.920 bits per heavy atom. The highest BCUT2D eigenvalue weighted by molar-refractivity contribution is 7.80. The molecule has 0 aliphatic rings. The Balaban J connectivity index is 2.14. The molecular weight excluding hydrogens is 340 g/mol. The van der Waals surface area contributed by atoms with Crippen molar-refractivity contribution < 1.29 is 14.4 Å². The molecule has 0 heterocycles. The second-order valence-corrected chi connectivity index (χ2v) is 5.82. The van der Waals surface area contributed by atoms with E-state index >= 15 is 0 Å². The maximum absolute atomic E-state index is 11.7. The second kappa shape index (κ2) is 12.0. The Kier molecular flexibility index (Phi) is 9.84. The number of carbonyl (C=O) groups is 3. The summed E-state index contributed by atoms with van der Waals surface area (Å²) in [6, 6.07) is 9.51. The minimum Gasteiger partial charge on any atom is -0.352 e.